The van der Waals surface area contributed by atoms with Gasteiger partial charge >= 0.3 is 5.16 Å². The molecule has 0 aromatic carbocycles. The number of rotatable bonds is 0. The van der Waals surface area contributed by atoms with Crippen molar-refractivity contribution in [2.45, 2.75) is 17.8 Å². The average molecular weight is 157 g/mol. The number of fused-ring (bicyclic) bond motifs is 1. The third-order valence-electron chi connectivity index (χ3n) is 1.54. The number of hydrogen-bond acceptors (Lipinski definition) is 2. The van der Waals surface area contributed by atoms with Crippen molar-refractivity contribution in [3.8, 4) is 0 Å². The van der Waals surface area contributed by atoms with Gasteiger partial charge in [0.25, 0.3) is 0 Å². The zero-order valence-electron chi connectivity index (χ0n) is 5.45. The van der Waals surface area contributed by atoms with Crippen molar-refractivity contribution in [1.82, 2.24) is 4.98 Å². The Morgan fingerprint density at radius 3 is 3.60 bits per heavy atom. The van der Waals surface area contributed by atoms with Crippen LogP contribution in [-0.4, -0.2) is 21.9 Å². The number of aromatic amines is 1. The van der Waals surface area contributed by atoms with Crippen LogP contribution >= 0.6 is 11.8 Å². The number of aromatic nitrogens is 2. The van der Waals surface area contributed by atoms with Crippen LogP contribution in [0, 0.1) is 0 Å². The topological polar surface area (TPSA) is 39.9 Å². The maximum Gasteiger partial charge on any atom is 0.315 e. The van der Waals surface area contributed by atoms with E-state index in [0.717, 1.165) is 17.5 Å². The summed E-state index contributed by atoms with van der Waals surface area (Å²) in [5.74, 6) is 0.806. The highest BCUT2D eigenvalue weighted by atomic mass is 32.2. The van der Waals surface area contributed by atoms with E-state index in [1.165, 1.54) is 0 Å². The fraction of sp³-hybridized carbons (Fsp3) is 0.500. The number of thioether (sulfide) groups is 1. The molecule has 0 radical (unpaired) electrons. The van der Waals surface area contributed by atoms with Crippen LogP contribution < -0.4 is 4.57 Å². The van der Waals surface area contributed by atoms with Gasteiger partial charge in [-0.25, -0.2) is 9.55 Å². The zero-order chi connectivity index (χ0) is 6.97. The van der Waals surface area contributed by atoms with Gasteiger partial charge in [0.05, 0.1) is 0 Å². The fourth-order valence-corrected chi connectivity index (χ4v) is 1.98. The summed E-state index contributed by atoms with van der Waals surface area (Å²) in [5.41, 5.74) is 0. The maximum atomic E-state index is 9.22. The van der Waals surface area contributed by atoms with E-state index in [4.69, 9.17) is 0 Å². The molecule has 0 bridgehead atoms. The molecule has 1 aliphatic rings. The highest BCUT2D eigenvalue weighted by molar-refractivity contribution is 7.99. The Balaban J connectivity index is 2.30. The largest absolute Gasteiger partial charge is 0.388 e. The minimum atomic E-state index is -0.182. The van der Waals surface area contributed by atoms with Crippen molar-refractivity contribution >= 4 is 11.8 Å². The number of nitrogens with one attached hydrogen (secondary N) is 1. The van der Waals surface area contributed by atoms with E-state index >= 15 is 0 Å². The van der Waals surface area contributed by atoms with Crippen LogP contribution in [0.5, 0.6) is 0 Å². The molecule has 0 saturated heterocycles. The molecule has 4 heteroatoms. The molecule has 0 unspecified atom stereocenters. The van der Waals surface area contributed by atoms with Crippen molar-refractivity contribution in [3.05, 3.63) is 12.4 Å². The normalized spacial score (nSPS) is 24.3. The molecule has 0 fully saturated rings. The van der Waals surface area contributed by atoms with Gasteiger partial charge in [0.2, 0.25) is 0 Å². The highest BCUT2D eigenvalue weighted by Crippen LogP contribution is 2.16. The van der Waals surface area contributed by atoms with Crippen LogP contribution in [0.4, 0.5) is 0 Å². The lowest BCUT2D eigenvalue weighted by atomic mass is 10.4. The summed E-state index contributed by atoms with van der Waals surface area (Å²) >= 11 is 1.66. The van der Waals surface area contributed by atoms with E-state index in [1.54, 1.807) is 11.8 Å². The fourth-order valence-electron chi connectivity index (χ4n) is 1.07. The second-order valence-electron chi connectivity index (χ2n) is 2.38. The number of hydrogen-bond donors (Lipinski definition) is 2. The molecule has 0 spiro atoms. The van der Waals surface area contributed by atoms with Crippen LogP contribution in [0.25, 0.3) is 0 Å². The minimum absolute atomic E-state index is 0.182. The standard InChI is InChI=1S/C6H8N2OS/c9-5-3-8-2-1-7-6(8)10-4-5/h1-2,5,9H,3-4H2/p+1/t5-/m1/s1. The van der Waals surface area contributed by atoms with Gasteiger partial charge in [0.1, 0.15) is 25.0 Å². The molecule has 2 heterocycles. The zero-order valence-corrected chi connectivity index (χ0v) is 6.27. The summed E-state index contributed by atoms with van der Waals surface area (Å²) in [7, 11) is 0. The minimum Gasteiger partial charge on any atom is -0.388 e. The molecule has 10 heavy (non-hydrogen) atoms. The van der Waals surface area contributed by atoms with Gasteiger partial charge in [0, 0.05) is 5.75 Å². The Kier molecular flexibility index (Phi) is 1.43. The summed E-state index contributed by atoms with van der Waals surface area (Å²) in [5, 5.41) is 10.4. The molecule has 1 aliphatic heterocycles. The number of aliphatic hydroxyl groups excluding tert-OH is 1. The average Bonchev–Trinajstić information content (AvgIpc) is 2.33. The van der Waals surface area contributed by atoms with Gasteiger partial charge in [0.15, 0.2) is 0 Å². The lowest BCUT2D eigenvalue weighted by Gasteiger charge is -2.11. The first-order valence-corrected chi connectivity index (χ1v) is 4.22. The molecule has 0 aliphatic carbocycles. The predicted octanol–water partition coefficient (Wildman–Crippen LogP) is -0.231. The molecule has 54 valence electrons. The van der Waals surface area contributed by atoms with Crippen LogP contribution in [0.3, 0.4) is 0 Å². The first-order valence-electron chi connectivity index (χ1n) is 3.24. The summed E-state index contributed by atoms with van der Waals surface area (Å²) in [6, 6.07) is 0. The molecule has 0 saturated carbocycles. The van der Waals surface area contributed by atoms with Gasteiger partial charge in [-0.15, -0.1) is 0 Å². The summed E-state index contributed by atoms with van der Waals surface area (Å²) < 4.78 is 2.03. The van der Waals surface area contributed by atoms with Crippen LogP contribution in [0.15, 0.2) is 17.6 Å². The SMILES string of the molecule is O[C@H]1CSc2[nH]cc[n+]2C1. The Morgan fingerprint density at radius 1 is 1.80 bits per heavy atom. The molecule has 2 N–H and O–H groups in total. The van der Waals surface area contributed by atoms with Crippen molar-refractivity contribution in [1.29, 1.82) is 0 Å². The van der Waals surface area contributed by atoms with Crippen LogP contribution in [-0.2, 0) is 6.54 Å². The Hall–Kier alpha value is -0.480. The van der Waals surface area contributed by atoms with Gasteiger partial charge in [-0.1, -0.05) is 0 Å². The number of imidazole rings is 1. The first-order chi connectivity index (χ1) is 4.86. The maximum absolute atomic E-state index is 9.22. The van der Waals surface area contributed by atoms with E-state index in [-0.39, 0.29) is 6.10 Å². The molecule has 2 rings (SSSR count). The molecule has 1 atom stereocenters. The van der Waals surface area contributed by atoms with E-state index in [0.29, 0.717) is 0 Å². The Morgan fingerprint density at radius 2 is 2.70 bits per heavy atom. The van der Waals surface area contributed by atoms with Crippen molar-refractivity contribution in [2.75, 3.05) is 5.75 Å². The monoisotopic (exact) mass is 157 g/mol. The predicted molar refractivity (Wildman–Crippen MR) is 37.7 cm³/mol. The van der Waals surface area contributed by atoms with E-state index in [1.807, 2.05) is 17.0 Å². The molecule has 1 aromatic rings. The Labute approximate surface area is 63.1 Å². The van der Waals surface area contributed by atoms with Crippen molar-refractivity contribution in [3.63, 3.8) is 0 Å². The van der Waals surface area contributed by atoms with Gasteiger partial charge in [-0.2, -0.15) is 0 Å². The highest BCUT2D eigenvalue weighted by Gasteiger charge is 2.22. The number of H-pyrrole nitrogens is 1. The van der Waals surface area contributed by atoms with E-state index in [2.05, 4.69) is 4.98 Å². The molecule has 3 nitrogen and oxygen atoms in total. The Bertz CT molecular complexity index is 235. The number of nitrogens with zero attached hydrogens (tertiary/aromatic N) is 1. The smallest absolute Gasteiger partial charge is 0.315 e. The quantitative estimate of drug-likeness (QED) is 0.511. The molecular formula is C6H9N2OS+. The summed E-state index contributed by atoms with van der Waals surface area (Å²) in [6.07, 6.45) is 3.66. The van der Waals surface area contributed by atoms with Crippen molar-refractivity contribution in [2.24, 2.45) is 0 Å². The van der Waals surface area contributed by atoms with Crippen LogP contribution in [0.1, 0.15) is 0 Å². The van der Waals surface area contributed by atoms with Gasteiger partial charge in [-0.3, -0.25) is 0 Å². The summed E-state index contributed by atoms with van der Waals surface area (Å²) in [4.78, 5) is 3.09. The van der Waals surface area contributed by atoms with Crippen molar-refractivity contribution < 1.29 is 9.67 Å². The summed E-state index contributed by atoms with van der Waals surface area (Å²) in [6.45, 7) is 0.728. The van der Waals surface area contributed by atoms with E-state index in [9.17, 15) is 5.11 Å². The van der Waals surface area contributed by atoms with Gasteiger partial charge < -0.3 is 5.11 Å². The van der Waals surface area contributed by atoms with E-state index < -0.39 is 0 Å². The molecule has 1 aromatic heterocycles. The lowest BCUT2D eigenvalue weighted by molar-refractivity contribution is -0.739. The second kappa shape index (κ2) is 2.29. The number of aliphatic hydroxyl groups is 1. The first kappa shape index (κ1) is 6.24. The lowest BCUT2D eigenvalue weighted by Crippen LogP contribution is -2.44. The third kappa shape index (κ3) is 0.932. The third-order valence-corrected chi connectivity index (χ3v) is 2.72. The van der Waals surface area contributed by atoms with Gasteiger partial charge in [-0.05, 0) is 11.8 Å². The molecule has 0 amide bonds. The van der Waals surface area contributed by atoms with Crippen LogP contribution in [0.2, 0.25) is 0 Å². The second-order valence-corrected chi connectivity index (χ2v) is 3.39. The molecular weight excluding hydrogens is 148 g/mol.